The zero-order chi connectivity index (χ0) is 24.5. The van der Waals surface area contributed by atoms with Crippen LogP contribution in [-0.4, -0.2) is 61.7 Å². The lowest BCUT2D eigenvalue weighted by molar-refractivity contribution is -0.122. The minimum atomic E-state index is -0.356. The molecule has 0 bridgehead atoms. The van der Waals surface area contributed by atoms with Crippen molar-refractivity contribution in [3.8, 4) is 17.2 Å². The Hall–Kier alpha value is -2.92. The van der Waals surface area contributed by atoms with Crippen LogP contribution in [0.1, 0.15) is 42.4 Å². The lowest BCUT2D eigenvalue weighted by Gasteiger charge is -2.17. The van der Waals surface area contributed by atoms with Crippen molar-refractivity contribution in [1.29, 1.82) is 0 Å². The molecule has 0 atom stereocenters. The third-order valence-corrected chi connectivity index (χ3v) is 5.91. The van der Waals surface area contributed by atoms with E-state index in [1.165, 1.54) is 0 Å². The van der Waals surface area contributed by atoms with Crippen LogP contribution in [-0.2, 0) is 27.6 Å². The Kier molecular flexibility index (Phi) is 9.46. The molecule has 3 rings (SSSR count). The highest BCUT2D eigenvalue weighted by molar-refractivity contribution is 7.98. The molecule has 0 saturated carbocycles. The van der Waals surface area contributed by atoms with Crippen molar-refractivity contribution in [3.05, 3.63) is 29.0 Å². The second-order valence-corrected chi connectivity index (χ2v) is 8.31. The first-order valence-electron chi connectivity index (χ1n) is 11.3. The van der Waals surface area contributed by atoms with Gasteiger partial charge in [0.15, 0.2) is 11.5 Å². The smallest absolute Gasteiger partial charge is 0.257 e. The van der Waals surface area contributed by atoms with Crippen LogP contribution >= 0.6 is 11.8 Å². The average molecular weight is 493 g/mol. The number of benzene rings is 1. The summed E-state index contributed by atoms with van der Waals surface area (Å²) in [7, 11) is 1.57. The number of carbonyl (C=O) groups is 2. The monoisotopic (exact) mass is 492 g/mol. The molecule has 0 fully saturated rings. The normalized spacial score (nSPS) is 12.2. The van der Waals surface area contributed by atoms with E-state index in [1.807, 2.05) is 20.8 Å². The lowest BCUT2D eigenvalue weighted by atomic mass is 10.1. The molecule has 186 valence electrons. The standard InChI is InChI=1S/C23H32N4O6S/c1-5-31-18-10-15(11-19(32-6-2)21(18)33-7-3)23(29)25-22-16-13-34-14-17(16)26-27(22)12-20(28)24-8-9-30-4/h10-11H,5-9,12-14H2,1-4H3,(H,24,28)(H,25,29). The number of amides is 2. The van der Waals surface area contributed by atoms with Gasteiger partial charge in [-0.2, -0.15) is 16.9 Å². The number of aromatic nitrogens is 2. The van der Waals surface area contributed by atoms with Gasteiger partial charge < -0.3 is 29.6 Å². The molecule has 1 aliphatic rings. The number of nitrogens with one attached hydrogen (secondary N) is 2. The predicted molar refractivity (Wildman–Crippen MR) is 130 cm³/mol. The molecule has 1 aromatic heterocycles. The molecule has 34 heavy (non-hydrogen) atoms. The molecule has 2 amide bonds. The Morgan fingerprint density at radius 2 is 1.74 bits per heavy atom. The number of hydrogen-bond donors (Lipinski definition) is 2. The summed E-state index contributed by atoms with van der Waals surface area (Å²) in [6, 6.07) is 3.28. The average Bonchev–Trinajstić information content (AvgIpc) is 3.38. The van der Waals surface area contributed by atoms with E-state index in [1.54, 1.807) is 35.7 Å². The molecule has 0 unspecified atom stereocenters. The molecule has 1 aromatic carbocycles. The summed E-state index contributed by atoms with van der Waals surface area (Å²) in [6.45, 7) is 7.66. The fraction of sp³-hybridized carbons (Fsp3) is 0.522. The molecular formula is C23H32N4O6S. The van der Waals surface area contributed by atoms with Crippen molar-refractivity contribution in [2.75, 3.05) is 45.4 Å². The minimum Gasteiger partial charge on any atom is -0.490 e. The number of nitrogens with zero attached hydrogens (tertiary/aromatic N) is 2. The molecule has 0 saturated heterocycles. The van der Waals surface area contributed by atoms with Crippen LogP contribution in [0.15, 0.2) is 12.1 Å². The fourth-order valence-electron chi connectivity index (χ4n) is 3.50. The van der Waals surface area contributed by atoms with Gasteiger partial charge in [0.1, 0.15) is 12.4 Å². The molecule has 2 N–H and O–H groups in total. The van der Waals surface area contributed by atoms with Crippen LogP contribution in [0.25, 0.3) is 0 Å². The maximum atomic E-state index is 13.3. The van der Waals surface area contributed by atoms with Gasteiger partial charge in [-0.25, -0.2) is 4.68 Å². The Morgan fingerprint density at radius 1 is 1.06 bits per heavy atom. The summed E-state index contributed by atoms with van der Waals surface area (Å²) in [5.41, 5.74) is 2.16. The Balaban J connectivity index is 1.88. The van der Waals surface area contributed by atoms with Crippen molar-refractivity contribution in [2.24, 2.45) is 0 Å². The van der Waals surface area contributed by atoms with Gasteiger partial charge in [0.05, 0.1) is 32.1 Å². The van der Waals surface area contributed by atoms with Crippen LogP contribution in [0.2, 0.25) is 0 Å². The number of carbonyl (C=O) groups excluding carboxylic acids is 2. The largest absolute Gasteiger partial charge is 0.490 e. The number of ether oxygens (including phenoxy) is 4. The molecule has 10 nitrogen and oxygen atoms in total. The molecule has 1 aliphatic heterocycles. The summed E-state index contributed by atoms with van der Waals surface area (Å²) >= 11 is 1.72. The Labute approximate surface area is 203 Å². The van der Waals surface area contributed by atoms with E-state index < -0.39 is 0 Å². The van der Waals surface area contributed by atoms with Gasteiger partial charge in [-0.3, -0.25) is 9.59 Å². The van der Waals surface area contributed by atoms with Crippen LogP contribution < -0.4 is 24.8 Å². The van der Waals surface area contributed by atoms with Gasteiger partial charge >= 0.3 is 0 Å². The first kappa shape index (κ1) is 25.7. The van der Waals surface area contributed by atoms with Crippen LogP contribution in [0.3, 0.4) is 0 Å². The Morgan fingerprint density at radius 3 is 2.35 bits per heavy atom. The van der Waals surface area contributed by atoms with Crippen LogP contribution in [0.5, 0.6) is 17.2 Å². The van der Waals surface area contributed by atoms with E-state index in [9.17, 15) is 9.59 Å². The molecule has 0 radical (unpaired) electrons. The van der Waals surface area contributed by atoms with E-state index in [2.05, 4.69) is 15.7 Å². The first-order chi connectivity index (χ1) is 16.5. The van der Waals surface area contributed by atoms with Gasteiger partial charge in [0.2, 0.25) is 11.7 Å². The lowest BCUT2D eigenvalue weighted by Crippen LogP contribution is -2.31. The van der Waals surface area contributed by atoms with Gasteiger partial charge in [-0.1, -0.05) is 0 Å². The maximum absolute atomic E-state index is 13.3. The van der Waals surface area contributed by atoms with Crippen molar-refractivity contribution in [2.45, 2.75) is 38.8 Å². The number of rotatable bonds is 13. The van der Waals surface area contributed by atoms with E-state index in [4.69, 9.17) is 18.9 Å². The highest BCUT2D eigenvalue weighted by Gasteiger charge is 2.26. The number of thioether (sulfide) groups is 1. The summed E-state index contributed by atoms with van der Waals surface area (Å²) in [6.07, 6.45) is 0. The molecular weight excluding hydrogens is 460 g/mol. The second kappa shape index (κ2) is 12.5. The molecule has 0 aliphatic carbocycles. The number of hydrogen-bond acceptors (Lipinski definition) is 8. The van der Waals surface area contributed by atoms with E-state index in [0.717, 1.165) is 17.0 Å². The predicted octanol–water partition coefficient (Wildman–Crippen LogP) is 2.84. The third-order valence-electron chi connectivity index (χ3n) is 4.94. The Bertz CT molecular complexity index is 983. The van der Waals surface area contributed by atoms with Crippen molar-refractivity contribution >= 4 is 29.4 Å². The topological polar surface area (TPSA) is 113 Å². The van der Waals surface area contributed by atoms with Crippen LogP contribution in [0, 0.1) is 0 Å². The first-order valence-corrected chi connectivity index (χ1v) is 12.5. The third kappa shape index (κ3) is 6.15. The summed E-state index contributed by atoms with van der Waals surface area (Å²) < 4.78 is 23.7. The molecule has 2 heterocycles. The quantitative estimate of drug-likeness (QED) is 0.411. The molecule has 0 spiro atoms. The zero-order valence-electron chi connectivity index (χ0n) is 20.1. The highest BCUT2D eigenvalue weighted by Crippen LogP contribution is 2.40. The SMILES string of the molecule is CCOc1cc(C(=O)Nc2c3c(nn2CC(=O)NCCOC)CSC3)cc(OCC)c1OCC. The van der Waals surface area contributed by atoms with Crippen molar-refractivity contribution in [3.63, 3.8) is 0 Å². The maximum Gasteiger partial charge on any atom is 0.257 e. The van der Waals surface area contributed by atoms with Gasteiger partial charge in [-0.15, -0.1) is 0 Å². The van der Waals surface area contributed by atoms with Gasteiger partial charge in [0.25, 0.3) is 5.91 Å². The highest BCUT2D eigenvalue weighted by atomic mass is 32.2. The van der Waals surface area contributed by atoms with E-state index in [0.29, 0.717) is 67.4 Å². The van der Waals surface area contributed by atoms with Gasteiger partial charge in [-0.05, 0) is 32.9 Å². The summed E-state index contributed by atoms with van der Waals surface area (Å²) in [5, 5.41) is 10.3. The van der Waals surface area contributed by atoms with Crippen LogP contribution in [0.4, 0.5) is 5.82 Å². The fourth-order valence-corrected chi connectivity index (χ4v) is 4.54. The second-order valence-electron chi connectivity index (χ2n) is 7.32. The van der Waals surface area contributed by atoms with E-state index in [-0.39, 0.29) is 18.4 Å². The number of methoxy groups -OCH3 is 1. The van der Waals surface area contributed by atoms with Gasteiger partial charge in [0, 0.05) is 36.3 Å². The molecule has 11 heteroatoms. The van der Waals surface area contributed by atoms with Crippen molar-refractivity contribution < 1.29 is 28.5 Å². The molecule has 2 aromatic rings. The van der Waals surface area contributed by atoms with Crippen molar-refractivity contribution in [1.82, 2.24) is 15.1 Å². The number of fused-ring (bicyclic) bond motifs is 1. The zero-order valence-corrected chi connectivity index (χ0v) is 20.9. The summed E-state index contributed by atoms with van der Waals surface area (Å²) in [5.74, 6) is 2.76. The minimum absolute atomic E-state index is 0.00529. The van der Waals surface area contributed by atoms with E-state index >= 15 is 0 Å². The summed E-state index contributed by atoms with van der Waals surface area (Å²) in [4.78, 5) is 25.7. The number of anilines is 1.